The van der Waals surface area contributed by atoms with E-state index in [2.05, 4.69) is 20.9 Å². The number of hydrogen-bond donors (Lipinski definition) is 3. The third-order valence-electron chi connectivity index (χ3n) is 3.22. The Kier molecular flexibility index (Phi) is 13.2. The summed E-state index contributed by atoms with van der Waals surface area (Å²) in [5.41, 5.74) is 1.95. The molecule has 0 bridgehead atoms. The SMILES string of the molecule is CCCC(=O)Nc1ccc(CNC(=NC)NCCCOC)cc1.I. The number of guanidine groups is 1. The van der Waals surface area contributed by atoms with Crippen LogP contribution in [0.5, 0.6) is 0 Å². The largest absolute Gasteiger partial charge is 0.385 e. The van der Waals surface area contributed by atoms with E-state index in [4.69, 9.17) is 4.74 Å². The van der Waals surface area contributed by atoms with Gasteiger partial charge in [-0.15, -0.1) is 24.0 Å². The van der Waals surface area contributed by atoms with Crippen LogP contribution in [-0.4, -0.2) is 39.2 Å². The minimum atomic E-state index is 0. The molecule has 0 heterocycles. The molecule has 1 rings (SSSR count). The van der Waals surface area contributed by atoms with Crippen molar-refractivity contribution in [3.05, 3.63) is 29.8 Å². The molecule has 0 spiro atoms. The van der Waals surface area contributed by atoms with Crippen molar-refractivity contribution in [1.29, 1.82) is 0 Å². The quantitative estimate of drug-likeness (QED) is 0.235. The number of hydrogen-bond acceptors (Lipinski definition) is 3. The number of halogens is 1. The van der Waals surface area contributed by atoms with Crippen molar-refractivity contribution >= 4 is 41.5 Å². The number of carbonyl (C=O) groups is 1. The smallest absolute Gasteiger partial charge is 0.224 e. The van der Waals surface area contributed by atoms with Crippen LogP contribution in [0, 0.1) is 0 Å². The van der Waals surface area contributed by atoms with E-state index in [1.165, 1.54) is 0 Å². The summed E-state index contributed by atoms with van der Waals surface area (Å²) in [4.78, 5) is 15.7. The summed E-state index contributed by atoms with van der Waals surface area (Å²) in [6.07, 6.45) is 2.34. The third-order valence-corrected chi connectivity index (χ3v) is 3.22. The zero-order chi connectivity index (χ0) is 16.9. The van der Waals surface area contributed by atoms with Crippen LogP contribution in [0.25, 0.3) is 0 Å². The first-order chi connectivity index (χ1) is 11.2. The lowest BCUT2D eigenvalue weighted by Gasteiger charge is -2.12. The molecule has 1 aromatic carbocycles. The molecule has 7 heteroatoms. The minimum absolute atomic E-state index is 0. The molecule has 136 valence electrons. The molecular formula is C17H29IN4O2. The standard InChI is InChI=1S/C17H28N4O2.HI/c1-4-6-16(22)21-15-9-7-14(8-10-15)13-20-17(18-2)19-11-5-12-23-3;/h7-10H,4-6,11-13H2,1-3H3,(H,21,22)(H2,18,19,20);1H. The second-order valence-corrected chi connectivity index (χ2v) is 5.19. The van der Waals surface area contributed by atoms with Gasteiger partial charge in [-0.25, -0.2) is 0 Å². The molecule has 1 amide bonds. The van der Waals surface area contributed by atoms with Crippen LogP contribution in [0.4, 0.5) is 5.69 Å². The first-order valence-corrected chi connectivity index (χ1v) is 8.01. The predicted molar refractivity (Wildman–Crippen MR) is 110 cm³/mol. The average Bonchev–Trinajstić information content (AvgIpc) is 2.56. The van der Waals surface area contributed by atoms with Gasteiger partial charge in [0.1, 0.15) is 0 Å². The summed E-state index contributed by atoms with van der Waals surface area (Å²) in [6.45, 7) is 4.21. The van der Waals surface area contributed by atoms with E-state index in [0.717, 1.165) is 43.2 Å². The monoisotopic (exact) mass is 448 g/mol. The number of methoxy groups -OCH3 is 1. The Hall–Kier alpha value is -1.35. The summed E-state index contributed by atoms with van der Waals surface area (Å²) < 4.78 is 5.01. The number of amides is 1. The number of benzene rings is 1. The van der Waals surface area contributed by atoms with E-state index in [1.54, 1.807) is 14.2 Å². The van der Waals surface area contributed by atoms with E-state index in [0.29, 0.717) is 13.0 Å². The Balaban J connectivity index is 0.00000529. The molecule has 0 unspecified atom stereocenters. The zero-order valence-corrected chi connectivity index (χ0v) is 17.1. The summed E-state index contributed by atoms with van der Waals surface area (Å²) in [7, 11) is 3.44. The second kappa shape index (κ2) is 14.0. The van der Waals surface area contributed by atoms with Gasteiger partial charge in [0, 0.05) is 46.0 Å². The van der Waals surface area contributed by atoms with Crippen LogP contribution in [-0.2, 0) is 16.1 Å². The molecular weight excluding hydrogens is 419 g/mol. The molecule has 6 nitrogen and oxygen atoms in total. The molecule has 1 aromatic rings. The van der Waals surface area contributed by atoms with E-state index in [1.807, 2.05) is 31.2 Å². The highest BCUT2D eigenvalue weighted by Gasteiger charge is 2.01. The van der Waals surface area contributed by atoms with E-state index < -0.39 is 0 Å². The first-order valence-electron chi connectivity index (χ1n) is 8.01. The predicted octanol–water partition coefficient (Wildman–Crippen LogP) is 2.74. The van der Waals surface area contributed by atoms with Gasteiger partial charge in [-0.3, -0.25) is 9.79 Å². The zero-order valence-electron chi connectivity index (χ0n) is 14.7. The maximum absolute atomic E-state index is 11.5. The molecule has 0 saturated heterocycles. The highest BCUT2D eigenvalue weighted by molar-refractivity contribution is 14.0. The number of carbonyl (C=O) groups excluding carboxylic acids is 1. The molecule has 0 aliphatic heterocycles. The Labute approximate surface area is 161 Å². The fourth-order valence-corrected chi connectivity index (χ4v) is 1.99. The number of nitrogens with zero attached hydrogens (tertiary/aromatic N) is 1. The van der Waals surface area contributed by atoms with Crippen LogP contribution in [0.2, 0.25) is 0 Å². The summed E-state index contributed by atoms with van der Waals surface area (Å²) in [5, 5.41) is 9.36. The normalized spacial score (nSPS) is 10.7. The minimum Gasteiger partial charge on any atom is -0.385 e. The van der Waals surface area contributed by atoms with Gasteiger partial charge in [-0.1, -0.05) is 19.1 Å². The van der Waals surface area contributed by atoms with Crippen molar-refractivity contribution in [2.45, 2.75) is 32.7 Å². The van der Waals surface area contributed by atoms with Gasteiger partial charge in [0.2, 0.25) is 5.91 Å². The topological polar surface area (TPSA) is 74.8 Å². The van der Waals surface area contributed by atoms with E-state index in [-0.39, 0.29) is 29.9 Å². The maximum Gasteiger partial charge on any atom is 0.224 e. The molecule has 24 heavy (non-hydrogen) atoms. The van der Waals surface area contributed by atoms with Gasteiger partial charge in [0.25, 0.3) is 0 Å². The Morgan fingerprint density at radius 1 is 1.21 bits per heavy atom. The van der Waals surface area contributed by atoms with Crippen LogP contribution in [0.3, 0.4) is 0 Å². The van der Waals surface area contributed by atoms with Gasteiger partial charge in [0.05, 0.1) is 0 Å². The van der Waals surface area contributed by atoms with E-state index in [9.17, 15) is 4.79 Å². The van der Waals surface area contributed by atoms with Crippen LogP contribution >= 0.6 is 24.0 Å². The third kappa shape index (κ3) is 9.71. The van der Waals surface area contributed by atoms with Crippen molar-refractivity contribution in [3.63, 3.8) is 0 Å². The Bertz CT molecular complexity index is 492. The molecule has 0 radical (unpaired) electrons. The van der Waals surface area contributed by atoms with Gasteiger partial charge in [-0.05, 0) is 30.5 Å². The van der Waals surface area contributed by atoms with Crippen molar-refractivity contribution in [1.82, 2.24) is 10.6 Å². The van der Waals surface area contributed by atoms with E-state index >= 15 is 0 Å². The number of ether oxygens (including phenoxy) is 1. The molecule has 3 N–H and O–H groups in total. The maximum atomic E-state index is 11.5. The van der Waals surface area contributed by atoms with Gasteiger partial charge >= 0.3 is 0 Å². The lowest BCUT2D eigenvalue weighted by molar-refractivity contribution is -0.116. The van der Waals surface area contributed by atoms with Crippen molar-refractivity contribution in [2.75, 3.05) is 32.6 Å². The van der Waals surface area contributed by atoms with Crippen molar-refractivity contribution < 1.29 is 9.53 Å². The fraction of sp³-hybridized carbons (Fsp3) is 0.529. The second-order valence-electron chi connectivity index (χ2n) is 5.19. The first kappa shape index (κ1) is 22.6. The fourth-order valence-electron chi connectivity index (χ4n) is 1.99. The number of nitrogens with one attached hydrogen (secondary N) is 3. The lowest BCUT2D eigenvalue weighted by atomic mass is 10.2. The lowest BCUT2D eigenvalue weighted by Crippen LogP contribution is -2.37. The number of rotatable bonds is 9. The van der Waals surface area contributed by atoms with Gasteiger partial charge in [0.15, 0.2) is 5.96 Å². The molecule has 0 atom stereocenters. The van der Waals surface area contributed by atoms with Gasteiger partial charge < -0.3 is 20.7 Å². The van der Waals surface area contributed by atoms with Crippen LogP contribution < -0.4 is 16.0 Å². The molecule has 0 aromatic heterocycles. The highest BCUT2D eigenvalue weighted by Crippen LogP contribution is 2.10. The average molecular weight is 448 g/mol. The number of anilines is 1. The molecule has 0 fully saturated rings. The van der Waals surface area contributed by atoms with Crippen molar-refractivity contribution in [2.24, 2.45) is 4.99 Å². The van der Waals surface area contributed by atoms with Crippen molar-refractivity contribution in [3.8, 4) is 0 Å². The van der Waals surface area contributed by atoms with Crippen LogP contribution in [0.15, 0.2) is 29.3 Å². The summed E-state index contributed by atoms with van der Waals surface area (Å²) in [6, 6.07) is 7.82. The number of aliphatic imine (C=N–C) groups is 1. The molecule has 0 saturated carbocycles. The Morgan fingerprint density at radius 2 is 1.92 bits per heavy atom. The Morgan fingerprint density at radius 3 is 2.50 bits per heavy atom. The molecule has 0 aliphatic carbocycles. The molecule has 0 aliphatic rings. The van der Waals surface area contributed by atoms with Crippen LogP contribution in [0.1, 0.15) is 31.7 Å². The summed E-state index contributed by atoms with van der Waals surface area (Å²) >= 11 is 0. The summed E-state index contributed by atoms with van der Waals surface area (Å²) in [5.74, 6) is 0.820. The van der Waals surface area contributed by atoms with Gasteiger partial charge in [-0.2, -0.15) is 0 Å². The highest BCUT2D eigenvalue weighted by atomic mass is 127.